The zero-order valence-electron chi connectivity index (χ0n) is 14.5. The van der Waals surface area contributed by atoms with Gasteiger partial charge < -0.3 is 14.8 Å². The van der Waals surface area contributed by atoms with Crippen molar-refractivity contribution < 1.29 is 22.7 Å². The Morgan fingerprint density at radius 2 is 2.08 bits per heavy atom. The van der Waals surface area contributed by atoms with Crippen LogP contribution in [0, 0.1) is 0 Å². The Bertz CT molecular complexity index is 743. The average molecular weight is 368 g/mol. The van der Waals surface area contributed by atoms with E-state index < -0.39 is 22.1 Å². The van der Waals surface area contributed by atoms with Crippen LogP contribution in [0.2, 0.25) is 0 Å². The second-order valence-electron chi connectivity index (χ2n) is 6.33. The summed E-state index contributed by atoms with van der Waals surface area (Å²) < 4.78 is 37.9. The standard InChI is InChI=1S/C17H24N2O5S/c1-3-23-17(20)16-11-12-10-14(4-5-15(12)24-16)25(21,22)19(2)13-6-8-18-9-7-13/h4-5,10,13,16,18H,3,6-9,11H2,1-2H3. The van der Waals surface area contributed by atoms with Gasteiger partial charge >= 0.3 is 5.97 Å². The van der Waals surface area contributed by atoms with Crippen molar-refractivity contribution in [1.82, 2.24) is 9.62 Å². The van der Waals surface area contributed by atoms with E-state index in [1.165, 1.54) is 4.31 Å². The third-order valence-corrected chi connectivity index (χ3v) is 6.66. The molecule has 0 bridgehead atoms. The van der Waals surface area contributed by atoms with Crippen molar-refractivity contribution in [2.24, 2.45) is 0 Å². The second-order valence-corrected chi connectivity index (χ2v) is 8.33. The first-order chi connectivity index (χ1) is 11.9. The summed E-state index contributed by atoms with van der Waals surface area (Å²) in [5.74, 6) is 0.122. The molecule has 25 heavy (non-hydrogen) atoms. The van der Waals surface area contributed by atoms with E-state index in [1.54, 1.807) is 32.2 Å². The Morgan fingerprint density at radius 1 is 1.36 bits per heavy atom. The third-order valence-electron chi connectivity index (χ3n) is 4.76. The predicted octanol–water partition coefficient (Wildman–Crippen LogP) is 0.926. The first-order valence-electron chi connectivity index (χ1n) is 8.58. The molecule has 1 saturated heterocycles. The van der Waals surface area contributed by atoms with Gasteiger partial charge in [-0.3, -0.25) is 0 Å². The molecule has 0 amide bonds. The summed E-state index contributed by atoms with van der Waals surface area (Å²) in [4.78, 5) is 12.1. The average Bonchev–Trinajstić information content (AvgIpc) is 3.05. The topological polar surface area (TPSA) is 84.9 Å². The molecule has 8 heteroatoms. The Kier molecular flexibility index (Phi) is 5.31. The molecule has 0 saturated carbocycles. The molecule has 7 nitrogen and oxygen atoms in total. The van der Waals surface area contributed by atoms with Gasteiger partial charge in [0.2, 0.25) is 10.0 Å². The second kappa shape index (κ2) is 7.31. The van der Waals surface area contributed by atoms with E-state index in [4.69, 9.17) is 9.47 Å². The lowest BCUT2D eigenvalue weighted by Crippen LogP contribution is -2.43. The van der Waals surface area contributed by atoms with Gasteiger partial charge in [0.15, 0.2) is 6.10 Å². The zero-order chi connectivity index (χ0) is 18.0. The van der Waals surface area contributed by atoms with Crippen molar-refractivity contribution in [3.8, 4) is 5.75 Å². The molecule has 0 spiro atoms. The number of benzene rings is 1. The minimum Gasteiger partial charge on any atom is -0.478 e. The van der Waals surface area contributed by atoms with Gasteiger partial charge in [-0.25, -0.2) is 13.2 Å². The van der Waals surface area contributed by atoms with E-state index in [0.29, 0.717) is 12.2 Å². The Labute approximate surface area is 148 Å². The van der Waals surface area contributed by atoms with Crippen molar-refractivity contribution in [3.05, 3.63) is 23.8 Å². The smallest absolute Gasteiger partial charge is 0.347 e. The molecular formula is C17H24N2O5S. The highest BCUT2D eigenvalue weighted by atomic mass is 32.2. The third kappa shape index (κ3) is 3.65. The van der Waals surface area contributed by atoms with Gasteiger partial charge in [0.05, 0.1) is 11.5 Å². The lowest BCUT2D eigenvalue weighted by atomic mass is 10.1. The number of fused-ring (bicyclic) bond motifs is 1. The number of sulfonamides is 1. The number of nitrogens with one attached hydrogen (secondary N) is 1. The minimum atomic E-state index is -3.57. The number of carbonyl (C=O) groups is 1. The summed E-state index contributed by atoms with van der Waals surface area (Å²) in [6.07, 6.45) is 1.23. The largest absolute Gasteiger partial charge is 0.478 e. The summed E-state index contributed by atoms with van der Waals surface area (Å²) in [6, 6.07) is 4.78. The molecule has 1 aromatic carbocycles. The number of ether oxygens (including phenoxy) is 2. The van der Waals surface area contributed by atoms with E-state index in [-0.39, 0.29) is 17.5 Å². The SMILES string of the molecule is CCOC(=O)C1Cc2cc(S(=O)(=O)N(C)C3CCNCC3)ccc2O1. The van der Waals surface area contributed by atoms with Gasteiger partial charge in [-0.15, -0.1) is 0 Å². The lowest BCUT2D eigenvalue weighted by molar-refractivity contribution is -0.150. The quantitative estimate of drug-likeness (QED) is 0.778. The predicted molar refractivity (Wildman–Crippen MR) is 92.0 cm³/mol. The Balaban J connectivity index is 1.78. The van der Waals surface area contributed by atoms with Crippen molar-refractivity contribution in [1.29, 1.82) is 0 Å². The highest BCUT2D eigenvalue weighted by Gasteiger charge is 2.33. The summed E-state index contributed by atoms with van der Waals surface area (Å²) in [5.41, 5.74) is 0.720. The van der Waals surface area contributed by atoms with Crippen molar-refractivity contribution in [2.45, 2.75) is 43.2 Å². The van der Waals surface area contributed by atoms with Gasteiger partial charge in [-0.05, 0) is 56.6 Å². The van der Waals surface area contributed by atoms with Crippen molar-refractivity contribution in [3.63, 3.8) is 0 Å². The lowest BCUT2D eigenvalue weighted by Gasteiger charge is -2.30. The first-order valence-corrected chi connectivity index (χ1v) is 10.0. The van der Waals surface area contributed by atoms with E-state index in [0.717, 1.165) is 31.5 Å². The van der Waals surface area contributed by atoms with Crippen LogP contribution < -0.4 is 10.1 Å². The van der Waals surface area contributed by atoms with Crippen LogP contribution in [-0.4, -0.2) is 57.6 Å². The van der Waals surface area contributed by atoms with Gasteiger partial charge in [0, 0.05) is 19.5 Å². The van der Waals surface area contributed by atoms with Crippen molar-refractivity contribution >= 4 is 16.0 Å². The molecule has 3 rings (SSSR count). The maximum Gasteiger partial charge on any atom is 0.347 e. The fourth-order valence-electron chi connectivity index (χ4n) is 3.28. The maximum absolute atomic E-state index is 12.9. The van der Waals surface area contributed by atoms with E-state index in [1.807, 2.05) is 0 Å². The van der Waals surface area contributed by atoms with Crippen LogP contribution in [0.5, 0.6) is 5.75 Å². The van der Waals surface area contributed by atoms with E-state index in [9.17, 15) is 13.2 Å². The number of nitrogens with zero attached hydrogens (tertiary/aromatic N) is 1. The number of esters is 1. The Hall–Kier alpha value is -1.64. The molecule has 1 unspecified atom stereocenters. The van der Waals surface area contributed by atoms with Gasteiger partial charge in [0.1, 0.15) is 5.75 Å². The molecule has 1 aromatic rings. The maximum atomic E-state index is 12.9. The highest BCUT2D eigenvalue weighted by molar-refractivity contribution is 7.89. The molecule has 1 N–H and O–H groups in total. The molecule has 1 atom stereocenters. The van der Waals surface area contributed by atoms with Gasteiger partial charge in [-0.2, -0.15) is 4.31 Å². The number of hydrogen-bond donors (Lipinski definition) is 1. The molecular weight excluding hydrogens is 344 g/mol. The van der Waals surface area contributed by atoms with E-state index >= 15 is 0 Å². The van der Waals surface area contributed by atoms with Crippen molar-refractivity contribution in [2.75, 3.05) is 26.7 Å². The van der Waals surface area contributed by atoms with Gasteiger partial charge in [-0.1, -0.05) is 0 Å². The fourth-order valence-corrected chi connectivity index (χ4v) is 4.75. The highest BCUT2D eigenvalue weighted by Crippen LogP contribution is 2.32. The minimum absolute atomic E-state index is 0.00281. The summed E-state index contributed by atoms with van der Waals surface area (Å²) in [7, 11) is -1.94. The summed E-state index contributed by atoms with van der Waals surface area (Å²) >= 11 is 0. The molecule has 2 aliphatic rings. The molecule has 1 fully saturated rings. The molecule has 0 aromatic heterocycles. The normalized spacial score (nSPS) is 21.0. The monoisotopic (exact) mass is 368 g/mol. The number of piperidine rings is 1. The van der Waals surface area contributed by atoms with Crippen LogP contribution in [0.1, 0.15) is 25.3 Å². The first kappa shape index (κ1) is 18.2. The molecule has 2 heterocycles. The molecule has 138 valence electrons. The van der Waals surface area contributed by atoms with Crippen LogP contribution >= 0.6 is 0 Å². The van der Waals surface area contributed by atoms with E-state index in [2.05, 4.69) is 5.32 Å². The van der Waals surface area contributed by atoms with Crippen LogP contribution in [0.25, 0.3) is 0 Å². The number of carbonyl (C=O) groups excluding carboxylic acids is 1. The summed E-state index contributed by atoms with van der Waals surface area (Å²) in [6.45, 7) is 3.67. The van der Waals surface area contributed by atoms with Gasteiger partial charge in [0.25, 0.3) is 0 Å². The van der Waals surface area contributed by atoms with Crippen LogP contribution in [0.15, 0.2) is 23.1 Å². The molecule has 2 aliphatic heterocycles. The fraction of sp³-hybridized carbons (Fsp3) is 0.588. The number of rotatable bonds is 5. The summed E-state index contributed by atoms with van der Waals surface area (Å²) in [5, 5.41) is 3.24. The zero-order valence-corrected chi connectivity index (χ0v) is 15.3. The van der Waals surface area contributed by atoms with Crippen LogP contribution in [0.3, 0.4) is 0 Å². The number of hydrogen-bond acceptors (Lipinski definition) is 6. The molecule has 0 aliphatic carbocycles. The van der Waals surface area contributed by atoms with Crippen LogP contribution in [-0.2, 0) is 26.0 Å². The Morgan fingerprint density at radius 3 is 2.76 bits per heavy atom. The van der Waals surface area contributed by atoms with Crippen LogP contribution in [0.4, 0.5) is 0 Å². The molecule has 0 radical (unpaired) electrons.